The Bertz CT molecular complexity index is 1750. The fourth-order valence-electron chi connectivity index (χ4n) is 6.48. The van der Waals surface area contributed by atoms with E-state index in [0.717, 1.165) is 48.3 Å². The van der Waals surface area contributed by atoms with Gasteiger partial charge in [0.05, 0.1) is 11.6 Å². The maximum absolute atomic E-state index is 15.4. The van der Waals surface area contributed by atoms with Gasteiger partial charge in [-0.2, -0.15) is 5.10 Å². The summed E-state index contributed by atoms with van der Waals surface area (Å²) in [6, 6.07) is 8.33. The van der Waals surface area contributed by atoms with Crippen molar-refractivity contribution in [1.29, 1.82) is 0 Å². The molecule has 43 heavy (non-hydrogen) atoms. The number of nitrogens with two attached hydrogens (primary N) is 1. The maximum Gasteiger partial charge on any atom is 0.251 e. The fraction of sp³-hybridized carbons (Fsp3) is 0.424. The Morgan fingerprint density at radius 1 is 1.16 bits per heavy atom. The van der Waals surface area contributed by atoms with Crippen molar-refractivity contribution in [2.75, 3.05) is 13.2 Å². The van der Waals surface area contributed by atoms with Crippen LogP contribution in [-0.2, 0) is 15.1 Å². The van der Waals surface area contributed by atoms with Gasteiger partial charge in [0.2, 0.25) is 5.91 Å². The van der Waals surface area contributed by atoms with E-state index in [1.807, 2.05) is 29.1 Å². The van der Waals surface area contributed by atoms with E-state index < -0.39 is 28.5 Å². The molecule has 1 aromatic heterocycles. The van der Waals surface area contributed by atoms with E-state index in [4.69, 9.17) is 10.5 Å². The summed E-state index contributed by atoms with van der Waals surface area (Å²) in [5, 5.41) is 12.2. The second-order valence-corrected chi connectivity index (χ2v) is 12.9. The molecule has 1 unspecified atom stereocenters. The van der Waals surface area contributed by atoms with E-state index in [0.29, 0.717) is 35.0 Å². The molecule has 10 heteroatoms. The zero-order valence-electron chi connectivity index (χ0n) is 24.5. The van der Waals surface area contributed by atoms with Crippen LogP contribution in [0.1, 0.15) is 67.1 Å². The summed E-state index contributed by atoms with van der Waals surface area (Å²) < 4.78 is 37.8. The molecule has 224 valence electrons. The normalized spacial score (nSPS) is 25.6. The molecule has 2 fully saturated rings. The summed E-state index contributed by atoms with van der Waals surface area (Å²) >= 11 is 0. The third-order valence-corrected chi connectivity index (χ3v) is 9.60. The fourth-order valence-corrected chi connectivity index (χ4v) is 6.48. The summed E-state index contributed by atoms with van der Waals surface area (Å²) in [5.74, 6) is -1.58. The van der Waals surface area contributed by atoms with Gasteiger partial charge in [-0.15, -0.1) is 0 Å². The molecule has 3 atom stereocenters. The molecule has 2 saturated carbocycles. The van der Waals surface area contributed by atoms with Gasteiger partial charge in [0.15, 0.2) is 0 Å². The average molecular weight is 588 g/mol. The van der Waals surface area contributed by atoms with E-state index in [1.165, 1.54) is 6.07 Å². The number of aryl methyl sites for hydroxylation is 1. The zero-order chi connectivity index (χ0) is 30.3. The zero-order valence-corrected chi connectivity index (χ0v) is 24.5. The number of benzene rings is 2. The minimum Gasteiger partial charge on any atom is -0.493 e. The lowest BCUT2D eigenvalue weighted by atomic mass is 9.74. The van der Waals surface area contributed by atoms with Crippen LogP contribution in [0.2, 0.25) is 0 Å². The molecule has 3 heterocycles. The first-order valence-corrected chi connectivity index (χ1v) is 14.9. The van der Waals surface area contributed by atoms with E-state index in [-0.39, 0.29) is 29.9 Å². The van der Waals surface area contributed by atoms with Crippen molar-refractivity contribution in [3.8, 4) is 0 Å². The molecule has 4 aliphatic rings. The Labute approximate surface area is 248 Å². The molecule has 4 N–H and O–H groups in total. The second kappa shape index (κ2) is 9.65. The van der Waals surface area contributed by atoms with Crippen LogP contribution in [0.4, 0.5) is 8.78 Å². The minimum atomic E-state index is -1.24. The number of fused-ring (bicyclic) bond motifs is 1. The molecular formula is C33H35F2N5O3. The Morgan fingerprint density at radius 2 is 1.93 bits per heavy atom. The molecule has 0 bridgehead atoms. The van der Waals surface area contributed by atoms with Crippen molar-refractivity contribution >= 4 is 22.7 Å². The Balaban J connectivity index is 1.21. The molecular weight excluding hydrogens is 552 g/mol. The number of hydrogen-bond donors (Lipinski definition) is 3. The number of amides is 2. The predicted molar refractivity (Wildman–Crippen MR) is 156 cm³/mol. The maximum atomic E-state index is 15.4. The molecule has 3 aromatic rings. The van der Waals surface area contributed by atoms with Gasteiger partial charge in [0.25, 0.3) is 5.91 Å². The molecule has 0 saturated heterocycles. The first-order chi connectivity index (χ1) is 20.5. The van der Waals surface area contributed by atoms with Gasteiger partial charge in [0, 0.05) is 52.5 Å². The molecule has 8 nitrogen and oxygen atoms in total. The largest absolute Gasteiger partial charge is 0.493 e. The highest BCUT2D eigenvalue weighted by Crippen LogP contribution is 2.51. The third kappa shape index (κ3) is 4.58. The van der Waals surface area contributed by atoms with Crippen LogP contribution in [0.25, 0.3) is 10.9 Å². The van der Waals surface area contributed by atoms with Crippen molar-refractivity contribution in [1.82, 2.24) is 20.4 Å². The first-order valence-electron chi connectivity index (χ1n) is 14.9. The van der Waals surface area contributed by atoms with Crippen LogP contribution in [0, 0.1) is 35.8 Å². The quantitative estimate of drug-likeness (QED) is 0.348. The lowest BCUT2D eigenvalue weighted by Crippen LogP contribution is -2.48. The standard InChI is InChI=1S/C33H35F2N5O3/c1-17-10-23(26(35)13-25(17)34)33(3)29-24(32(2,16-43-29)31(36)42)12-28(38-33)22(18-4-5-18)14-37-30(41)19-6-9-27-20(11-19)15-40(39-27)21-7-8-21/h6,9-13,15,18,21-22,38H,4-5,7-8,14,16H2,1-3H3,(H2,36,42)(H,37,41)/t22-,32-,33?/m0/s1. The highest BCUT2D eigenvalue weighted by Gasteiger charge is 2.53. The van der Waals surface area contributed by atoms with E-state index in [2.05, 4.69) is 15.7 Å². The van der Waals surface area contributed by atoms with Crippen molar-refractivity contribution in [3.63, 3.8) is 0 Å². The van der Waals surface area contributed by atoms with Gasteiger partial charge >= 0.3 is 0 Å². The summed E-state index contributed by atoms with van der Waals surface area (Å²) in [6.07, 6.45) is 8.09. The smallest absolute Gasteiger partial charge is 0.251 e. The van der Waals surface area contributed by atoms with Crippen LogP contribution in [-0.4, -0.2) is 34.7 Å². The van der Waals surface area contributed by atoms with Crippen molar-refractivity contribution < 1.29 is 23.1 Å². The van der Waals surface area contributed by atoms with Crippen LogP contribution >= 0.6 is 0 Å². The Kier molecular flexibility index (Phi) is 6.20. The van der Waals surface area contributed by atoms with Gasteiger partial charge in [0.1, 0.15) is 35.0 Å². The van der Waals surface area contributed by atoms with Gasteiger partial charge in [-0.25, -0.2) is 8.78 Å². The number of allylic oxidation sites excluding steroid dienone is 1. The number of aromatic nitrogens is 2. The monoisotopic (exact) mass is 587 g/mol. The number of carbonyl (C=O) groups is 2. The summed E-state index contributed by atoms with van der Waals surface area (Å²) in [7, 11) is 0. The Hall–Kier alpha value is -4.21. The van der Waals surface area contributed by atoms with Crippen LogP contribution in [0.5, 0.6) is 0 Å². The number of hydrogen-bond acceptors (Lipinski definition) is 5. The predicted octanol–water partition coefficient (Wildman–Crippen LogP) is 4.89. The first kappa shape index (κ1) is 27.6. The van der Waals surface area contributed by atoms with E-state index in [1.54, 1.807) is 26.8 Å². The lowest BCUT2D eigenvalue weighted by Gasteiger charge is -2.40. The minimum absolute atomic E-state index is 0.0144. The highest BCUT2D eigenvalue weighted by molar-refractivity contribution is 5.98. The van der Waals surface area contributed by atoms with Crippen molar-refractivity contribution in [2.24, 2.45) is 23.0 Å². The number of ether oxygens (including phenoxy) is 1. The number of rotatable bonds is 8. The van der Waals surface area contributed by atoms with E-state index in [9.17, 15) is 14.0 Å². The summed E-state index contributed by atoms with van der Waals surface area (Å²) in [6.45, 7) is 5.42. The van der Waals surface area contributed by atoms with Gasteiger partial charge < -0.3 is 21.1 Å². The molecule has 2 amide bonds. The number of nitrogens with zero attached hydrogens (tertiary/aromatic N) is 2. The third-order valence-electron chi connectivity index (χ3n) is 9.60. The molecule has 0 spiro atoms. The number of dihydropyridines is 1. The van der Waals surface area contributed by atoms with Crippen molar-refractivity contribution in [3.05, 3.63) is 88.0 Å². The number of primary amides is 1. The molecule has 2 aliphatic heterocycles. The second-order valence-electron chi connectivity index (χ2n) is 12.9. The SMILES string of the molecule is Cc1cc(C2(C)NC([C@@H](CNC(=O)c3ccc4nn(C5CC5)cc4c3)C3CC3)=CC3=C2OC[C@]3(C)C(N)=O)c(F)cc1F. The summed E-state index contributed by atoms with van der Waals surface area (Å²) in [4.78, 5) is 26.0. The van der Waals surface area contributed by atoms with Gasteiger partial charge in [-0.3, -0.25) is 14.3 Å². The van der Waals surface area contributed by atoms with Crippen molar-refractivity contribution in [2.45, 2.75) is 58.0 Å². The number of halogens is 2. The average Bonchev–Trinajstić information content (AvgIpc) is 3.91. The van der Waals surface area contributed by atoms with Crippen LogP contribution in [0.3, 0.4) is 0 Å². The molecule has 2 aromatic carbocycles. The number of carbonyl (C=O) groups excluding carboxylic acids is 2. The van der Waals surface area contributed by atoms with Crippen LogP contribution < -0.4 is 16.4 Å². The Morgan fingerprint density at radius 3 is 2.63 bits per heavy atom. The molecule has 7 rings (SSSR count). The number of nitrogens with one attached hydrogen (secondary N) is 2. The van der Waals surface area contributed by atoms with Gasteiger partial charge in [-0.05, 0) is 88.3 Å². The summed E-state index contributed by atoms with van der Waals surface area (Å²) in [5.41, 5.74) is 6.73. The highest BCUT2D eigenvalue weighted by atomic mass is 19.1. The van der Waals surface area contributed by atoms with Gasteiger partial charge in [-0.1, -0.05) is 0 Å². The van der Waals surface area contributed by atoms with E-state index >= 15 is 4.39 Å². The lowest BCUT2D eigenvalue weighted by molar-refractivity contribution is -0.125. The molecule has 0 radical (unpaired) electrons. The van der Waals surface area contributed by atoms with Crippen LogP contribution in [0.15, 0.2) is 59.6 Å². The molecule has 2 aliphatic carbocycles. The topological polar surface area (TPSA) is 111 Å².